The second-order valence-electron chi connectivity index (χ2n) is 8.51. The van der Waals surface area contributed by atoms with Crippen LogP contribution in [0.4, 0.5) is 0 Å². The SMILES string of the molecule is CC(C)(C)c1ccc(CN2CC3CNCC3C2(C)C)cc1. The summed E-state index contributed by atoms with van der Waals surface area (Å²) >= 11 is 0. The number of rotatable bonds is 2. The Bertz CT molecular complexity index is 495. The van der Waals surface area contributed by atoms with E-state index in [0.29, 0.717) is 5.54 Å². The first kappa shape index (κ1) is 15.1. The molecule has 2 atom stereocenters. The standard InChI is InChI=1S/C19H30N2/c1-18(2,3)16-8-6-14(7-9-16)12-21-13-15-10-20-11-17(15)19(21,4)5/h6-9,15,17,20H,10-13H2,1-5H3. The number of nitrogens with zero attached hydrogens (tertiary/aromatic N) is 1. The lowest BCUT2D eigenvalue weighted by atomic mass is 9.84. The van der Waals surface area contributed by atoms with E-state index >= 15 is 0 Å². The number of likely N-dealkylation sites (tertiary alicyclic amines) is 1. The molecule has 2 aliphatic rings. The summed E-state index contributed by atoms with van der Waals surface area (Å²) in [6.45, 7) is 16.4. The molecule has 3 rings (SSSR count). The zero-order valence-corrected chi connectivity index (χ0v) is 14.2. The summed E-state index contributed by atoms with van der Waals surface area (Å²) in [6.07, 6.45) is 0. The maximum Gasteiger partial charge on any atom is 0.0239 e. The number of nitrogens with one attached hydrogen (secondary N) is 1. The van der Waals surface area contributed by atoms with Gasteiger partial charge in [0.05, 0.1) is 0 Å². The molecule has 0 bridgehead atoms. The molecule has 2 nitrogen and oxygen atoms in total. The molecule has 21 heavy (non-hydrogen) atoms. The van der Waals surface area contributed by atoms with Crippen LogP contribution in [-0.2, 0) is 12.0 Å². The van der Waals surface area contributed by atoms with Gasteiger partial charge in [-0.15, -0.1) is 0 Å². The van der Waals surface area contributed by atoms with Crippen LogP contribution in [0.15, 0.2) is 24.3 Å². The van der Waals surface area contributed by atoms with Gasteiger partial charge in [-0.1, -0.05) is 45.0 Å². The van der Waals surface area contributed by atoms with E-state index in [9.17, 15) is 0 Å². The summed E-state index contributed by atoms with van der Waals surface area (Å²) < 4.78 is 0. The summed E-state index contributed by atoms with van der Waals surface area (Å²) in [4.78, 5) is 2.69. The molecular formula is C19H30N2. The van der Waals surface area contributed by atoms with Gasteiger partial charge in [0.2, 0.25) is 0 Å². The normalized spacial score (nSPS) is 28.8. The molecule has 116 valence electrons. The van der Waals surface area contributed by atoms with Gasteiger partial charge in [0, 0.05) is 25.2 Å². The first-order chi connectivity index (χ1) is 9.78. The Kier molecular flexibility index (Phi) is 3.66. The second kappa shape index (κ2) is 5.10. The average molecular weight is 286 g/mol. The minimum atomic E-state index is 0.244. The van der Waals surface area contributed by atoms with Crippen molar-refractivity contribution in [2.24, 2.45) is 11.8 Å². The summed E-state index contributed by atoms with van der Waals surface area (Å²) in [5.74, 6) is 1.65. The Balaban J connectivity index is 1.72. The molecule has 1 aromatic carbocycles. The van der Waals surface area contributed by atoms with Crippen LogP contribution in [0.3, 0.4) is 0 Å². The summed E-state index contributed by atoms with van der Waals surface area (Å²) in [5, 5.41) is 3.56. The maximum atomic E-state index is 3.56. The molecule has 0 aromatic heterocycles. The Hall–Kier alpha value is -0.860. The first-order valence-corrected chi connectivity index (χ1v) is 8.33. The third kappa shape index (κ3) is 2.76. The van der Waals surface area contributed by atoms with Crippen molar-refractivity contribution in [3.8, 4) is 0 Å². The van der Waals surface area contributed by atoms with E-state index in [0.717, 1.165) is 18.4 Å². The molecule has 2 aliphatic heterocycles. The maximum absolute atomic E-state index is 3.56. The van der Waals surface area contributed by atoms with Crippen molar-refractivity contribution < 1.29 is 0 Å². The summed E-state index contributed by atoms with van der Waals surface area (Å²) in [6, 6.07) is 9.26. The van der Waals surface area contributed by atoms with Crippen LogP contribution < -0.4 is 5.32 Å². The molecule has 0 radical (unpaired) electrons. The van der Waals surface area contributed by atoms with E-state index in [-0.39, 0.29) is 5.41 Å². The van der Waals surface area contributed by atoms with E-state index in [1.807, 2.05) is 0 Å². The van der Waals surface area contributed by atoms with Gasteiger partial charge in [0.15, 0.2) is 0 Å². The van der Waals surface area contributed by atoms with Crippen LogP contribution in [0.5, 0.6) is 0 Å². The fourth-order valence-corrected chi connectivity index (χ4v) is 4.10. The van der Waals surface area contributed by atoms with Crippen LogP contribution in [0.1, 0.15) is 45.7 Å². The third-order valence-corrected chi connectivity index (χ3v) is 5.71. The third-order valence-electron chi connectivity index (χ3n) is 5.71. The lowest BCUT2D eigenvalue weighted by Gasteiger charge is -2.35. The molecule has 1 aromatic rings. The quantitative estimate of drug-likeness (QED) is 0.896. The van der Waals surface area contributed by atoms with Gasteiger partial charge in [-0.05, 0) is 48.8 Å². The fraction of sp³-hybridized carbons (Fsp3) is 0.684. The Morgan fingerprint density at radius 1 is 1.14 bits per heavy atom. The largest absolute Gasteiger partial charge is 0.316 e. The monoisotopic (exact) mass is 286 g/mol. The molecule has 0 saturated carbocycles. The Morgan fingerprint density at radius 2 is 1.81 bits per heavy atom. The fourth-order valence-electron chi connectivity index (χ4n) is 4.10. The molecule has 2 fully saturated rings. The van der Waals surface area contributed by atoms with Crippen LogP contribution in [0.2, 0.25) is 0 Å². The van der Waals surface area contributed by atoms with Crippen LogP contribution in [0.25, 0.3) is 0 Å². The second-order valence-corrected chi connectivity index (χ2v) is 8.51. The van der Waals surface area contributed by atoms with Crippen LogP contribution in [0, 0.1) is 11.8 Å². The Morgan fingerprint density at radius 3 is 2.38 bits per heavy atom. The highest BCUT2D eigenvalue weighted by molar-refractivity contribution is 5.27. The predicted molar refractivity (Wildman–Crippen MR) is 89.5 cm³/mol. The van der Waals surface area contributed by atoms with Gasteiger partial charge in [0.1, 0.15) is 0 Å². The molecular weight excluding hydrogens is 256 g/mol. The molecule has 2 heterocycles. The minimum Gasteiger partial charge on any atom is -0.316 e. The highest BCUT2D eigenvalue weighted by atomic mass is 15.2. The van der Waals surface area contributed by atoms with Crippen molar-refractivity contribution in [3.63, 3.8) is 0 Å². The van der Waals surface area contributed by atoms with Gasteiger partial charge in [0.25, 0.3) is 0 Å². The predicted octanol–water partition coefficient (Wildman–Crippen LogP) is 3.41. The number of hydrogen-bond donors (Lipinski definition) is 1. The van der Waals surface area contributed by atoms with Gasteiger partial charge in [-0.2, -0.15) is 0 Å². The lowest BCUT2D eigenvalue weighted by molar-refractivity contribution is 0.132. The molecule has 1 N–H and O–H groups in total. The molecule has 2 unspecified atom stereocenters. The van der Waals surface area contributed by atoms with Crippen LogP contribution >= 0.6 is 0 Å². The number of fused-ring (bicyclic) bond motifs is 1. The van der Waals surface area contributed by atoms with Gasteiger partial charge in [-0.3, -0.25) is 4.90 Å². The van der Waals surface area contributed by atoms with E-state index in [4.69, 9.17) is 0 Å². The highest BCUT2D eigenvalue weighted by Gasteiger charge is 2.49. The zero-order chi connectivity index (χ0) is 15.3. The minimum absolute atomic E-state index is 0.244. The number of benzene rings is 1. The highest BCUT2D eigenvalue weighted by Crippen LogP contribution is 2.41. The molecule has 0 spiro atoms. The van der Waals surface area contributed by atoms with Gasteiger partial charge >= 0.3 is 0 Å². The van der Waals surface area contributed by atoms with Crippen molar-refractivity contribution in [3.05, 3.63) is 35.4 Å². The summed E-state index contributed by atoms with van der Waals surface area (Å²) in [7, 11) is 0. The van der Waals surface area contributed by atoms with Crippen molar-refractivity contribution >= 4 is 0 Å². The van der Waals surface area contributed by atoms with E-state index in [1.165, 1.54) is 30.8 Å². The molecule has 0 amide bonds. The van der Waals surface area contributed by atoms with E-state index < -0.39 is 0 Å². The van der Waals surface area contributed by atoms with Gasteiger partial charge < -0.3 is 5.32 Å². The zero-order valence-electron chi connectivity index (χ0n) is 14.2. The van der Waals surface area contributed by atoms with Crippen molar-refractivity contribution in [1.29, 1.82) is 0 Å². The van der Waals surface area contributed by atoms with E-state index in [1.54, 1.807) is 0 Å². The summed E-state index contributed by atoms with van der Waals surface area (Å²) in [5.41, 5.74) is 3.43. The molecule has 2 saturated heterocycles. The van der Waals surface area contributed by atoms with Crippen molar-refractivity contribution in [2.45, 2.75) is 52.1 Å². The van der Waals surface area contributed by atoms with Crippen molar-refractivity contribution in [2.75, 3.05) is 19.6 Å². The molecule has 2 heteroatoms. The van der Waals surface area contributed by atoms with Crippen molar-refractivity contribution in [1.82, 2.24) is 10.2 Å². The lowest BCUT2D eigenvalue weighted by Crippen LogP contribution is -2.43. The first-order valence-electron chi connectivity index (χ1n) is 8.33. The van der Waals surface area contributed by atoms with Gasteiger partial charge in [-0.25, -0.2) is 0 Å². The average Bonchev–Trinajstić information content (AvgIpc) is 2.93. The smallest absolute Gasteiger partial charge is 0.0239 e. The number of hydrogen-bond acceptors (Lipinski definition) is 2. The topological polar surface area (TPSA) is 15.3 Å². The van der Waals surface area contributed by atoms with E-state index in [2.05, 4.69) is 69.1 Å². The van der Waals surface area contributed by atoms with Crippen LogP contribution in [-0.4, -0.2) is 30.1 Å². The molecule has 0 aliphatic carbocycles. The Labute approximate surface area is 129 Å².